The Morgan fingerprint density at radius 1 is 1.29 bits per heavy atom. The van der Waals surface area contributed by atoms with Crippen LogP contribution in [0.4, 0.5) is 0 Å². The molecule has 3 atom stereocenters. The minimum atomic E-state index is 0.153. The maximum atomic E-state index is 13.0. The van der Waals surface area contributed by atoms with Crippen molar-refractivity contribution in [3.05, 3.63) is 52.3 Å². The highest BCUT2D eigenvalue weighted by Crippen LogP contribution is 2.26. The predicted octanol–water partition coefficient (Wildman–Crippen LogP) is 2.32. The van der Waals surface area contributed by atoms with Crippen molar-refractivity contribution in [2.45, 2.75) is 38.4 Å². The number of fused-ring (bicyclic) bond motifs is 2. The fourth-order valence-electron chi connectivity index (χ4n) is 4.46. The highest BCUT2D eigenvalue weighted by Gasteiger charge is 2.40. The molecule has 2 saturated heterocycles. The van der Waals surface area contributed by atoms with Gasteiger partial charge in [-0.15, -0.1) is 0 Å². The Hall–Kier alpha value is -1.89. The second-order valence-electron chi connectivity index (χ2n) is 7.74. The van der Waals surface area contributed by atoms with Gasteiger partial charge < -0.3 is 10.2 Å². The highest BCUT2D eigenvalue weighted by atomic mass is 35.5. The van der Waals surface area contributed by atoms with Gasteiger partial charge in [0.1, 0.15) is 5.15 Å². The van der Waals surface area contributed by atoms with E-state index >= 15 is 0 Å². The zero-order valence-corrected chi connectivity index (χ0v) is 17.3. The number of aromatic nitrogens is 2. The number of carbonyl (C=O) groups excluding carboxylic acids is 1. The first kappa shape index (κ1) is 19.4. The fraction of sp³-hybridized carbons (Fsp3) is 0.524. The molecule has 150 valence electrons. The summed E-state index contributed by atoms with van der Waals surface area (Å²) >= 11 is 6.41. The Balaban J connectivity index is 1.40. The van der Waals surface area contributed by atoms with Crippen LogP contribution in [0.15, 0.2) is 30.3 Å². The molecule has 0 saturated carbocycles. The molecule has 0 radical (unpaired) electrons. The van der Waals surface area contributed by atoms with Gasteiger partial charge >= 0.3 is 0 Å². The number of nitrogens with one attached hydrogen (secondary N) is 1. The molecule has 4 rings (SSSR count). The maximum absolute atomic E-state index is 13.0. The minimum absolute atomic E-state index is 0.153. The molecule has 0 aliphatic carbocycles. The molecular formula is C21H28ClN5O. The van der Waals surface area contributed by atoms with Crippen LogP contribution in [0.2, 0.25) is 5.15 Å². The van der Waals surface area contributed by atoms with Crippen LogP contribution in [0, 0.1) is 0 Å². The molecule has 1 N–H and O–H groups in total. The number of carbonyl (C=O) groups is 1. The van der Waals surface area contributed by atoms with Crippen molar-refractivity contribution in [2.24, 2.45) is 7.05 Å². The molecule has 3 unspecified atom stereocenters. The summed E-state index contributed by atoms with van der Waals surface area (Å²) < 4.78 is 1.74. The number of nitrogens with zero attached hydrogens (tertiary/aromatic N) is 4. The summed E-state index contributed by atoms with van der Waals surface area (Å²) in [6, 6.07) is 10.3. The monoisotopic (exact) mass is 401 g/mol. The molecule has 28 heavy (non-hydrogen) atoms. The quantitative estimate of drug-likeness (QED) is 0.807. The summed E-state index contributed by atoms with van der Waals surface area (Å²) in [5.41, 5.74) is 2.91. The minimum Gasteiger partial charge on any atom is -0.333 e. The molecule has 1 aromatic heterocycles. The second-order valence-corrected chi connectivity index (χ2v) is 8.10. The van der Waals surface area contributed by atoms with Crippen molar-refractivity contribution in [3.63, 3.8) is 0 Å². The van der Waals surface area contributed by atoms with Crippen LogP contribution in [0.5, 0.6) is 0 Å². The van der Waals surface area contributed by atoms with Crippen LogP contribution < -0.4 is 5.32 Å². The molecule has 6 nitrogen and oxygen atoms in total. The Bertz CT molecular complexity index is 837. The van der Waals surface area contributed by atoms with Gasteiger partial charge in [-0.3, -0.25) is 14.4 Å². The number of rotatable bonds is 6. The zero-order chi connectivity index (χ0) is 19.7. The fourth-order valence-corrected chi connectivity index (χ4v) is 4.67. The third-order valence-corrected chi connectivity index (χ3v) is 6.48. The van der Waals surface area contributed by atoms with Gasteiger partial charge in [0, 0.05) is 63.0 Å². The number of benzene rings is 1. The van der Waals surface area contributed by atoms with Crippen molar-refractivity contribution in [1.29, 1.82) is 0 Å². The summed E-state index contributed by atoms with van der Waals surface area (Å²) in [7, 11) is 1.88. The summed E-state index contributed by atoms with van der Waals surface area (Å²) in [5.74, 6) is 0.153. The van der Waals surface area contributed by atoms with E-state index in [-0.39, 0.29) is 5.91 Å². The Kier molecular flexibility index (Phi) is 5.71. The topological polar surface area (TPSA) is 53.4 Å². The maximum Gasteiger partial charge on any atom is 0.254 e. The lowest BCUT2D eigenvalue weighted by Crippen LogP contribution is -2.57. The van der Waals surface area contributed by atoms with Crippen molar-refractivity contribution in [2.75, 3.05) is 26.2 Å². The van der Waals surface area contributed by atoms with Crippen molar-refractivity contribution in [3.8, 4) is 0 Å². The lowest BCUT2D eigenvalue weighted by molar-refractivity contribution is 0.0495. The zero-order valence-electron chi connectivity index (χ0n) is 16.6. The number of hydrogen-bond acceptors (Lipinski definition) is 4. The van der Waals surface area contributed by atoms with Gasteiger partial charge in [0.25, 0.3) is 5.91 Å². The smallest absolute Gasteiger partial charge is 0.254 e. The molecule has 1 amide bonds. The van der Waals surface area contributed by atoms with Gasteiger partial charge in [-0.05, 0) is 25.0 Å². The van der Waals surface area contributed by atoms with Crippen LogP contribution >= 0.6 is 11.6 Å². The van der Waals surface area contributed by atoms with E-state index in [0.717, 1.165) is 55.8 Å². The lowest BCUT2D eigenvalue weighted by Gasteiger charge is -2.40. The van der Waals surface area contributed by atoms with E-state index in [9.17, 15) is 4.79 Å². The molecule has 2 fully saturated rings. The number of hydrogen-bond donors (Lipinski definition) is 1. The summed E-state index contributed by atoms with van der Waals surface area (Å²) in [6.45, 7) is 6.44. The van der Waals surface area contributed by atoms with E-state index < -0.39 is 0 Å². The van der Waals surface area contributed by atoms with Crippen LogP contribution in [-0.2, 0) is 20.0 Å². The molecule has 2 aliphatic heterocycles. The van der Waals surface area contributed by atoms with E-state index in [2.05, 4.69) is 27.1 Å². The predicted molar refractivity (Wildman–Crippen MR) is 111 cm³/mol. The molecule has 1 aromatic carbocycles. The third-order valence-electron chi connectivity index (χ3n) is 6.01. The molecule has 2 bridgehead atoms. The van der Waals surface area contributed by atoms with Gasteiger partial charge in [0.2, 0.25) is 0 Å². The average molecular weight is 402 g/mol. The normalized spacial score (nSPS) is 24.0. The van der Waals surface area contributed by atoms with Gasteiger partial charge in [-0.25, -0.2) is 0 Å². The molecule has 7 heteroatoms. The number of amides is 1. The first-order chi connectivity index (χ1) is 13.6. The van der Waals surface area contributed by atoms with Crippen LogP contribution in [0.3, 0.4) is 0 Å². The van der Waals surface area contributed by atoms with Crippen molar-refractivity contribution in [1.82, 2.24) is 24.9 Å². The first-order valence-electron chi connectivity index (χ1n) is 10.1. The van der Waals surface area contributed by atoms with Crippen molar-refractivity contribution < 1.29 is 4.79 Å². The van der Waals surface area contributed by atoms with E-state index in [0.29, 0.717) is 23.8 Å². The third kappa shape index (κ3) is 3.69. The molecule has 3 heterocycles. The van der Waals surface area contributed by atoms with Crippen molar-refractivity contribution >= 4 is 17.5 Å². The van der Waals surface area contributed by atoms with Gasteiger partial charge in [-0.2, -0.15) is 5.10 Å². The van der Waals surface area contributed by atoms with E-state index in [1.807, 2.05) is 37.4 Å². The van der Waals surface area contributed by atoms with Crippen LogP contribution in [0.25, 0.3) is 0 Å². The Morgan fingerprint density at radius 3 is 2.82 bits per heavy atom. The number of piperazine rings is 1. The van der Waals surface area contributed by atoms with Gasteiger partial charge in [0.05, 0.1) is 5.69 Å². The number of aryl methyl sites for hydroxylation is 2. The van der Waals surface area contributed by atoms with Crippen LogP contribution in [0.1, 0.15) is 35.0 Å². The summed E-state index contributed by atoms with van der Waals surface area (Å²) in [6.07, 6.45) is 1.93. The molecular weight excluding hydrogens is 374 g/mol. The SMILES string of the molecule is CCc1nn(C)c(Cl)c1CNCC1CN(C(=O)c2ccccc2)C2CCN1C2. The average Bonchev–Trinajstić information content (AvgIpc) is 3.26. The second kappa shape index (κ2) is 8.23. The first-order valence-corrected chi connectivity index (χ1v) is 10.5. The van der Waals surface area contributed by atoms with E-state index in [1.165, 1.54) is 0 Å². The number of halogens is 1. The lowest BCUT2D eigenvalue weighted by atomic mass is 10.1. The molecule has 0 spiro atoms. The largest absolute Gasteiger partial charge is 0.333 e. The Labute approximate surface area is 171 Å². The van der Waals surface area contributed by atoms with E-state index in [4.69, 9.17) is 11.6 Å². The standard InChI is InChI=1S/C21H28ClN5O/c1-3-19-18(20(22)25(2)24-19)12-23-11-17-14-27(16-9-10-26(17)13-16)21(28)15-7-5-4-6-8-15/h4-8,16-17,23H,3,9-14H2,1-2H3. The summed E-state index contributed by atoms with van der Waals surface area (Å²) in [4.78, 5) is 17.6. The van der Waals surface area contributed by atoms with Crippen LogP contribution in [-0.4, -0.2) is 63.8 Å². The van der Waals surface area contributed by atoms with E-state index in [1.54, 1.807) is 4.68 Å². The van der Waals surface area contributed by atoms with Gasteiger partial charge in [-0.1, -0.05) is 36.7 Å². The Morgan fingerprint density at radius 2 is 2.07 bits per heavy atom. The highest BCUT2D eigenvalue weighted by molar-refractivity contribution is 6.30. The summed E-state index contributed by atoms with van der Waals surface area (Å²) in [5, 5.41) is 8.75. The molecule has 2 aliphatic rings. The molecule has 2 aromatic rings. The van der Waals surface area contributed by atoms with Gasteiger partial charge in [0.15, 0.2) is 0 Å².